The van der Waals surface area contributed by atoms with Gasteiger partial charge in [0, 0.05) is 18.2 Å². The van der Waals surface area contributed by atoms with Gasteiger partial charge in [-0.25, -0.2) is 14.4 Å². The molecule has 28 heavy (non-hydrogen) atoms. The number of ether oxygens (including phenoxy) is 4. The number of rotatable bonds is 8. The lowest BCUT2D eigenvalue weighted by Crippen LogP contribution is -2.27. The van der Waals surface area contributed by atoms with Gasteiger partial charge in [-0.05, 0) is 40.2 Å². The highest BCUT2D eigenvalue weighted by Crippen LogP contribution is 2.34. The third kappa shape index (κ3) is 5.03. The van der Waals surface area contributed by atoms with E-state index in [1.807, 2.05) is 0 Å². The Labute approximate surface area is 162 Å². The van der Waals surface area contributed by atoms with Crippen molar-refractivity contribution in [3.05, 3.63) is 34.2 Å². The zero-order chi connectivity index (χ0) is 20.8. The van der Waals surface area contributed by atoms with Crippen molar-refractivity contribution in [3.8, 4) is 11.5 Å². The Hall–Kier alpha value is -3.03. The molecule has 0 bridgehead atoms. The van der Waals surface area contributed by atoms with Gasteiger partial charge in [0.1, 0.15) is 17.1 Å². The summed E-state index contributed by atoms with van der Waals surface area (Å²) in [5, 5.41) is 0.520. The van der Waals surface area contributed by atoms with Crippen LogP contribution in [0.1, 0.15) is 33.3 Å². The molecular formula is C20H24O8. The molecule has 152 valence electrons. The molecule has 0 aliphatic rings. The van der Waals surface area contributed by atoms with Crippen molar-refractivity contribution in [3.63, 3.8) is 0 Å². The third-order valence-corrected chi connectivity index (χ3v) is 3.83. The first-order valence-electron chi connectivity index (χ1n) is 9.01. The quantitative estimate of drug-likeness (QED) is 0.499. The molecule has 0 spiro atoms. The summed E-state index contributed by atoms with van der Waals surface area (Å²) >= 11 is 0. The number of carbonyl (C=O) groups excluding carboxylic acids is 2. The molecule has 1 aromatic heterocycles. The van der Waals surface area contributed by atoms with Crippen LogP contribution in [0.4, 0.5) is 0 Å². The Morgan fingerprint density at radius 3 is 2.11 bits per heavy atom. The second kappa shape index (κ2) is 9.25. The van der Waals surface area contributed by atoms with Crippen LogP contribution in [0.3, 0.4) is 0 Å². The molecular weight excluding hydrogens is 368 g/mol. The average molecular weight is 392 g/mol. The fraction of sp³-hybridized carbons (Fsp3) is 0.450. The number of hydrogen-bond acceptors (Lipinski definition) is 8. The lowest BCUT2D eigenvalue weighted by molar-refractivity contribution is -0.151. The molecule has 1 aromatic carbocycles. The van der Waals surface area contributed by atoms with Gasteiger partial charge in [-0.15, -0.1) is 0 Å². The predicted octanol–water partition coefficient (Wildman–Crippen LogP) is 2.76. The number of esters is 2. The summed E-state index contributed by atoms with van der Waals surface area (Å²) in [7, 11) is 0. The SMILES string of the molecule is CCOC(=O)[C@@H](C)Oc1cc(O[C@H](C)C(=O)OCC)c2c(C)cc(=O)oc2c1. The molecule has 0 amide bonds. The number of aryl methyl sites for hydroxylation is 1. The lowest BCUT2D eigenvalue weighted by Gasteiger charge is -2.18. The smallest absolute Gasteiger partial charge is 0.347 e. The lowest BCUT2D eigenvalue weighted by atomic mass is 10.1. The zero-order valence-corrected chi connectivity index (χ0v) is 16.6. The van der Waals surface area contributed by atoms with E-state index in [1.54, 1.807) is 27.7 Å². The molecule has 8 heteroatoms. The van der Waals surface area contributed by atoms with E-state index in [4.69, 9.17) is 23.4 Å². The van der Waals surface area contributed by atoms with Crippen LogP contribution in [-0.2, 0) is 19.1 Å². The van der Waals surface area contributed by atoms with E-state index in [1.165, 1.54) is 25.1 Å². The molecule has 8 nitrogen and oxygen atoms in total. The second-order valence-electron chi connectivity index (χ2n) is 6.07. The molecule has 0 unspecified atom stereocenters. The second-order valence-corrected chi connectivity index (χ2v) is 6.07. The van der Waals surface area contributed by atoms with Crippen molar-refractivity contribution in [2.24, 2.45) is 0 Å². The van der Waals surface area contributed by atoms with Gasteiger partial charge < -0.3 is 23.4 Å². The highest BCUT2D eigenvalue weighted by molar-refractivity contribution is 5.89. The largest absolute Gasteiger partial charge is 0.479 e. The van der Waals surface area contributed by atoms with E-state index in [2.05, 4.69) is 0 Å². The maximum absolute atomic E-state index is 11.9. The van der Waals surface area contributed by atoms with Crippen LogP contribution < -0.4 is 15.1 Å². The summed E-state index contributed by atoms with van der Waals surface area (Å²) in [6, 6.07) is 4.34. The predicted molar refractivity (Wildman–Crippen MR) is 101 cm³/mol. The Balaban J connectivity index is 2.46. The first kappa shape index (κ1) is 21.3. The first-order valence-corrected chi connectivity index (χ1v) is 9.01. The van der Waals surface area contributed by atoms with Gasteiger partial charge in [0.2, 0.25) is 0 Å². The van der Waals surface area contributed by atoms with Gasteiger partial charge >= 0.3 is 17.6 Å². The molecule has 2 rings (SSSR count). The standard InChI is InChI=1S/C20H24O8/c1-6-24-19(22)12(4)26-14-9-15(27-13(5)20(23)25-7-2)18-11(3)8-17(21)28-16(18)10-14/h8-10,12-13H,6-7H2,1-5H3/t12-,13-/m1/s1. The summed E-state index contributed by atoms with van der Waals surface area (Å²) in [5.74, 6) is -0.564. The van der Waals surface area contributed by atoms with Crippen LogP contribution in [0, 0.1) is 6.92 Å². The highest BCUT2D eigenvalue weighted by atomic mass is 16.6. The van der Waals surface area contributed by atoms with Crippen molar-refractivity contribution in [2.45, 2.75) is 46.8 Å². The van der Waals surface area contributed by atoms with Crippen LogP contribution in [0.25, 0.3) is 11.0 Å². The van der Waals surface area contributed by atoms with E-state index in [-0.39, 0.29) is 30.3 Å². The van der Waals surface area contributed by atoms with E-state index < -0.39 is 29.8 Å². The van der Waals surface area contributed by atoms with Gasteiger partial charge in [-0.2, -0.15) is 0 Å². The maximum Gasteiger partial charge on any atom is 0.347 e. The monoisotopic (exact) mass is 392 g/mol. The Morgan fingerprint density at radius 1 is 0.964 bits per heavy atom. The molecule has 1 heterocycles. The summed E-state index contributed by atoms with van der Waals surface area (Å²) in [4.78, 5) is 35.5. The Bertz CT molecular complexity index is 914. The third-order valence-electron chi connectivity index (χ3n) is 3.83. The molecule has 0 saturated heterocycles. The van der Waals surface area contributed by atoms with Gasteiger partial charge in [0.15, 0.2) is 12.2 Å². The summed E-state index contributed by atoms with van der Waals surface area (Å²) < 4.78 is 26.5. The van der Waals surface area contributed by atoms with Crippen molar-refractivity contribution >= 4 is 22.9 Å². The van der Waals surface area contributed by atoms with Crippen molar-refractivity contribution in [2.75, 3.05) is 13.2 Å². The topological polar surface area (TPSA) is 101 Å². The van der Waals surface area contributed by atoms with Gasteiger partial charge in [-0.3, -0.25) is 0 Å². The first-order chi connectivity index (χ1) is 13.3. The van der Waals surface area contributed by atoms with Crippen LogP contribution in [-0.4, -0.2) is 37.4 Å². The molecule has 0 aliphatic heterocycles. The fourth-order valence-corrected chi connectivity index (χ4v) is 2.59. The molecule has 0 saturated carbocycles. The summed E-state index contributed by atoms with van der Waals surface area (Å²) in [5.41, 5.74) is 0.289. The summed E-state index contributed by atoms with van der Waals surface area (Å²) in [6.45, 7) is 8.66. The highest BCUT2D eigenvalue weighted by Gasteiger charge is 2.22. The van der Waals surface area contributed by atoms with E-state index >= 15 is 0 Å². The van der Waals surface area contributed by atoms with Gasteiger partial charge in [0.05, 0.1) is 18.6 Å². The van der Waals surface area contributed by atoms with Crippen molar-refractivity contribution in [1.29, 1.82) is 0 Å². The average Bonchev–Trinajstić information content (AvgIpc) is 2.61. The van der Waals surface area contributed by atoms with Gasteiger partial charge in [-0.1, -0.05) is 0 Å². The van der Waals surface area contributed by atoms with E-state index in [9.17, 15) is 14.4 Å². The number of benzene rings is 1. The molecule has 2 atom stereocenters. The van der Waals surface area contributed by atoms with Crippen LogP contribution in [0.2, 0.25) is 0 Å². The summed E-state index contributed by atoms with van der Waals surface area (Å²) in [6.07, 6.45) is -1.78. The minimum atomic E-state index is -0.896. The maximum atomic E-state index is 11.9. The van der Waals surface area contributed by atoms with E-state index in [0.717, 1.165) is 0 Å². The normalized spacial score (nSPS) is 12.9. The molecule has 0 fully saturated rings. The molecule has 0 radical (unpaired) electrons. The Kier molecular flexibility index (Phi) is 7.03. The zero-order valence-electron chi connectivity index (χ0n) is 16.6. The number of hydrogen-bond donors (Lipinski definition) is 0. The van der Waals surface area contributed by atoms with Crippen LogP contribution >= 0.6 is 0 Å². The minimum Gasteiger partial charge on any atom is -0.479 e. The molecule has 0 N–H and O–H groups in total. The van der Waals surface area contributed by atoms with Crippen LogP contribution in [0.5, 0.6) is 11.5 Å². The minimum absolute atomic E-state index is 0.213. The molecule has 0 aliphatic carbocycles. The fourth-order valence-electron chi connectivity index (χ4n) is 2.59. The van der Waals surface area contributed by atoms with Crippen molar-refractivity contribution < 1.29 is 33.0 Å². The molecule has 2 aromatic rings. The number of fused-ring (bicyclic) bond motifs is 1. The van der Waals surface area contributed by atoms with Gasteiger partial charge in [0.25, 0.3) is 0 Å². The van der Waals surface area contributed by atoms with Crippen LogP contribution in [0.15, 0.2) is 27.4 Å². The number of carbonyl (C=O) groups is 2. The Morgan fingerprint density at radius 2 is 1.54 bits per heavy atom. The van der Waals surface area contributed by atoms with Crippen molar-refractivity contribution in [1.82, 2.24) is 0 Å². The van der Waals surface area contributed by atoms with E-state index in [0.29, 0.717) is 10.9 Å².